The van der Waals surface area contributed by atoms with Gasteiger partial charge in [0.1, 0.15) is 5.82 Å². The SMILES string of the molecule is CC(=O)c1cccc(Nc2nc(C)cc(Nc3ccc(C)cc3)n2)c1. The van der Waals surface area contributed by atoms with Gasteiger partial charge in [-0.3, -0.25) is 4.79 Å². The van der Waals surface area contributed by atoms with Gasteiger partial charge in [0.15, 0.2) is 5.78 Å². The Labute approximate surface area is 147 Å². The number of nitrogens with one attached hydrogen (secondary N) is 2. The molecule has 0 amide bonds. The second-order valence-electron chi connectivity index (χ2n) is 5.97. The first-order valence-electron chi connectivity index (χ1n) is 8.07. The predicted octanol–water partition coefficient (Wildman–Crippen LogP) is 4.78. The molecule has 25 heavy (non-hydrogen) atoms. The molecule has 1 heterocycles. The van der Waals surface area contributed by atoms with Gasteiger partial charge in [0.2, 0.25) is 5.95 Å². The number of aromatic nitrogens is 2. The molecule has 3 aromatic rings. The van der Waals surface area contributed by atoms with Gasteiger partial charge in [-0.1, -0.05) is 29.8 Å². The van der Waals surface area contributed by atoms with Gasteiger partial charge in [0.25, 0.3) is 0 Å². The molecule has 5 heteroatoms. The van der Waals surface area contributed by atoms with Gasteiger partial charge in [-0.05, 0) is 45.0 Å². The van der Waals surface area contributed by atoms with Gasteiger partial charge in [-0.15, -0.1) is 0 Å². The number of rotatable bonds is 5. The minimum atomic E-state index is 0.0236. The van der Waals surface area contributed by atoms with Crippen LogP contribution in [0.4, 0.5) is 23.1 Å². The van der Waals surface area contributed by atoms with Crippen LogP contribution in [0.2, 0.25) is 0 Å². The number of carbonyl (C=O) groups excluding carboxylic acids is 1. The summed E-state index contributed by atoms with van der Waals surface area (Å²) < 4.78 is 0. The molecule has 0 aliphatic rings. The summed E-state index contributed by atoms with van der Waals surface area (Å²) in [6, 6.07) is 17.3. The van der Waals surface area contributed by atoms with Crippen molar-refractivity contribution in [1.82, 2.24) is 9.97 Å². The van der Waals surface area contributed by atoms with Crippen molar-refractivity contribution in [3.8, 4) is 0 Å². The van der Waals surface area contributed by atoms with E-state index in [4.69, 9.17) is 0 Å². The average molecular weight is 332 g/mol. The van der Waals surface area contributed by atoms with Gasteiger partial charge < -0.3 is 10.6 Å². The summed E-state index contributed by atoms with van der Waals surface area (Å²) in [5.41, 5.74) is 4.44. The zero-order chi connectivity index (χ0) is 17.8. The zero-order valence-corrected chi connectivity index (χ0v) is 14.5. The van der Waals surface area contributed by atoms with Crippen LogP contribution in [0.5, 0.6) is 0 Å². The molecule has 2 aromatic carbocycles. The maximum Gasteiger partial charge on any atom is 0.229 e. The van der Waals surface area contributed by atoms with Gasteiger partial charge in [-0.2, -0.15) is 4.98 Å². The van der Waals surface area contributed by atoms with Gasteiger partial charge in [-0.25, -0.2) is 4.98 Å². The number of benzene rings is 2. The maximum atomic E-state index is 11.5. The third-order valence-electron chi connectivity index (χ3n) is 3.70. The van der Waals surface area contributed by atoms with Crippen molar-refractivity contribution in [3.05, 3.63) is 71.4 Å². The minimum Gasteiger partial charge on any atom is -0.340 e. The van der Waals surface area contributed by atoms with Crippen LogP contribution in [0.25, 0.3) is 0 Å². The number of hydrogen-bond acceptors (Lipinski definition) is 5. The number of aryl methyl sites for hydroxylation is 2. The highest BCUT2D eigenvalue weighted by Gasteiger charge is 2.05. The molecular formula is C20H20N4O. The molecule has 0 fully saturated rings. The predicted molar refractivity (Wildman–Crippen MR) is 101 cm³/mol. The Hall–Kier alpha value is -3.21. The van der Waals surface area contributed by atoms with Gasteiger partial charge in [0, 0.05) is 28.7 Å². The van der Waals surface area contributed by atoms with Crippen molar-refractivity contribution in [1.29, 1.82) is 0 Å². The summed E-state index contributed by atoms with van der Waals surface area (Å²) in [7, 11) is 0. The Balaban J connectivity index is 1.83. The minimum absolute atomic E-state index is 0.0236. The van der Waals surface area contributed by atoms with Crippen LogP contribution in [0.1, 0.15) is 28.5 Å². The lowest BCUT2D eigenvalue weighted by molar-refractivity contribution is 0.101. The van der Waals surface area contributed by atoms with E-state index in [-0.39, 0.29) is 5.78 Å². The molecule has 0 saturated carbocycles. The number of Topliss-reactive ketones (excluding diaryl/α,β-unsaturated/α-hetero) is 1. The molecule has 0 aliphatic carbocycles. The molecule has 2 N–H and O–H groups in total. The first-order chi connectivity index (χ1) is 12.0. The van der Waals surface area contributed by atoms with E-state index in [0.29, 0.717) is 17.3 Å². The van der Waals surface area contributed by atoms with E-state index >= 15 is 0 Å². The average Bonchev–Trinajstić information content (AvgIpc) is 2.57. The first-order valence-corrected chi connectivity index (χ1v) is 8.07. The zero-order valence-electron chi connectivity index (χ0n) is 14.5. The molecule has 3 rings (SSSR count). The smallest absolute Gasteiger partial charge is 0.229 e. The second-order valence-corrected chi connectivity index (χ2v) is 5.97. The molecule has 0 aliphatic heterocycles. The van der Waals surface area contributed by atoms with Crippen LogP contribution in [0, 0.1) is 13.8 Å². The third kappa shape index (κ3) is 4.41. The molecule has 5 nitrogen and oxygen atoms in total. The number of anilines is 4. The lowest BCUT2D eigenvalue weighted by atomic mass is 10.1. The summed E-state index contributed by atoms with van der Waals surface area (Å²) >= 11 is 0. The molecule has 0 bridgehead atoms. The summed E-state index contributed by atoms with van der Waals surface area (Å²) in [4.78, 5) is 20.4. The summed E-state index contributed by atoms with van der Waals surface area (Å²) in [5.74, 6) is 1.22. The lowest BCUT2D eigenvalue weighted by Crippen LogP contribution is -2.03. The van der Waals surface area contributed by atoms with E-state index < -0.39 is 0 Å². The van der Waals surface area contributed by atoms with Gasteiger partial charge in [0.05, 0.1) is 0 Å². The van der Waals surface area contributed by atoms with E-state index in [2.05, 4.69) is 27.5 Å². The van der Waals surface area contributed by atoms with E-state index in [1.54, 1.807) is 19.1 Å². The fourth-order valence-electron chi connectivity index (χ4n) is 2.42. The molecule has 0 saturated heterocycles. The largest absolute Gasteiger partial charge is 0.340 e. The van der Waals surface area contributed by atoms with Crippen molar-refractivity contribution in [3.63, 3.8) is 0 Å². The standard InChI is InChI=1S/C20H20N4O/c1-13-7-9-17(10-8-13)22-19-11-14(2)21-20(24-19)23-18-6-4-5-16(12-18)15(3)25/h4-12H,1-3H3,(H2,21,22,23,24). The molecular weight excluding hydrogens is 312 g/mol. The van der Waals surface area contributed by atoms with Crippen LogP contribution in [-0.4, -0.2) is 15.8 Å². The Kier molecular flexibility index (Phi) is 4.75. The van der Waals surface area contributed by atoms with Crippen molar-refractivity contribution in [2.45, 2.75) is 20.8 Å². The van der Waals surface area contributed by atoms with Crippen LogP contribution in [0.15, 0.2) is 54.6 Å². The molecule has 1 aromatic heterocycles. The summed E-state index contributed by atoms with van der Waals surface area (Å²) in [6.07, 6.45) is 0. The number of carbonyl (C=O) groups is 1. The molecule has 0 atom stereocenters. The maximum absolute atomic E-state index is 11.5. The highest BCUT2D eigenvalue weighted by molar-refractivity contribution is 5.95. The Morgan fingerprint density at radius 2 is 1.64 bits per heavy atom. The van der Waals surface area contributed by atoms with E-state index in [1.165, 1.54) is 5.56 Å². The van der Waals surface area contributed by atoms with Crippen molar-refractivity contribution in [2.24, 2.45) is 0 Å². The molecule has 0 radical (unpaired) electrons. The monoisotopic (exact) mass is 332 g/mol. The second kappa shape index (κ2) is 7.13. The number of hydrogen-bond donors (Lipinski definition) is 2. The quantitative estimate of drug-likeness (QED) is 0.658. The highest BCUT2D eigenvalue weighted by Crippen LogP contribution is 2.20. The van der Waals surface area contributed by atoms with Crippen molar-refractivity contribution in [2.75, 3.05) is 10.6 Å². The van der Waals surface area contributed by atoms with Crippen LogP contribution in [-0.2, 0) is 0 Å². The Bertz CT molecular complexity index is 904. The van der Waals surface area contributed by atoms with E-state index in [1.807, 2.05) is 49.4 Å². The Morgan fingerprint density at radius 1 is 0.880 bits per heavy atom. The van der Waals surface area contributed by atoms with Crippen LogP contribution >= 0.6 is 0 Å². The van der Waals surface area contributed by atoms with Crippen LogP contribution < -0.4 is 10.6 Å². The van der Waals surface area contributed by atoms with Crippen molar-refractivity contribution >= 4 is 28.9 Å². The summed E-state index contributed by atoms with van der Waals surface area (Å²) in [5, 5.41) is 6.44. The Morgan fingerprint density at radius 3 is 2.36 bits per heavy atom. The third-order valence-corrected chi connectivity index (χ3v) is 3.70. The van der Waals surface area contributed by atoms with Crippen LogP contribution in [0.3, 0.4) is 0 Å². The highest BCUT2D eigenvalue weighted by atomic mass is 16.1. The normalized spacial score (nSPS) is 10.4. The number of ketones is 1. The topological polar surface area (TPSA) is 66.9 Å². The first kappa shape index (κ1) is 16.6. The fourth-order valence-corrected chi connectivity index (χ4v) is 2.42. The van der Waals surface area contributed by atoms with E-state index in [0.717, 1.165) is 17.1 Å². The molecule has 0 spiro atoms. The lowest BCUT2D eigenvalue weighted by Gasteiger charge is -2.10. The van der Waals surface area contributed by atoms with Crippen molar-refractivity contribution < 1.29 is 4.79 Å². The fraction of sp³-hybridized carbons (Fsp3) is 0.150. The van der Waals surface area contributed by atoms with E-state index in [9.17, 15) is 4.79 Å². The van der Waals surface area contributed by atoms with Gasteiger partial charge >= 0.3 is 0 Å². The molecule has 126 valence electrons. The molecule has 0 unspecified atom stereocenters. The summed E-state index contributed by atoms with van der Waals surface area (Å²) in [6.45, 7) is 5.51. The number of nitrogens with zero attached hydrogens (tertiary/aromatic N) is 2.